The van der Waals surface area contributed by atoms with E-state index in [0.717, 1.165) is 4.90 Å². The first-order chi connectivity index (χ1) is 9.32. The van der Waals surface area contributed by atoms with Crippen molar-refractivity contribution in [2.75, 3.05) is 13.6 Å². The van der Waals surface area contributed by atoms with Gasteiger partial charge in [-0.05, 0) is 12.3 Å². The molecule has 0 bridgehead atoms. The van der Waals surface area contributed by atoms with Crippen LogP contribution in [0.5, 0.6) is 0 Å². The van der Waals surface area contributed by atoms with Gasteiger partial charge in [0.25, 0.3) is 0 Å². The number of urea groups is 1. The third kappa shape index (κ3) is 2.39. The monoisotopic (exact) mass is 281 g/mol. The number of piperidine rings is 1. The van der Waals surface area contributed by atoms with Crippen LogP contribution in [0.3, 0.4) is 0 Å². The van der Waals surface area contributed by atoms with Gasteiger partial charge in [-0.25, -0.2) is 4.79 Å². The highest BCUT2D eigenvalue weighted by atomic mass is 16.2. The fourth-order valence-electron chi connectivity index (χ4n) is 2.74. The standard InChI is InChI=1S/C13H19N3O4/c1-7(2)10-11(18)14-13(20)16(12(10)19)8-4-5-9(17)15(3)6-8/h7-8,10H,4-6H2,1-3H3,(H,14,18,20). The van der Waals surface area contributed by atoms with Crippen molar-refractivity contribution in [3.05, 3.63) is 0 Å². The van der Waals surface area contributed by atoms with E-state index in [9.17, 15) is 19.2 Å². The second-order valence-electron chi connectivity index (χ2n) is 5.69. The maximum absolute atomic E-state index is 12.4. The van der Waals surface area contributed by atoms with Crippen molar-refractivity contribution in [3.8, 4) is 0 Å². The molecule has 0 aliphatic carbocycles. The van der Waals surface area contributed by atoms with Gasteiger partial charge in [-0.3, -0.25) is 24.6 Å². The highest BCUT2D eigenvalue weighted by Crippen LogP contribution is 2.24. The molecule has 0 aromatic carbocycles. The number of amides is 5. The minimum absolute atomic E-state index is 0.00241. The van der Waals surface area contributed by atoms with Crippen LogP contribution in [-0.4, -0.2) is 53.2 Å². The average molecular weight is 281 g/mol. The number of barbiturate groups is 1. The summed E-state index contributed by atoms with van der Waals surface area (Å²) in [6.45, 7) is 3.86. The van der Waals surface area contributed by atoms with Crippen LogP contribution in [0.15, 0.2) is 0 Å². The summed E-state index contributed by atoms with van der Waals surface area (Å²) >= 11 is 0. The van der Waals surface area contributed by atoms with Gasteiger partial charge in [0.05, 0.1) is 6.04 Å². The third-order valence-electron chi connectivity index (χ3n) is 3.87. The van der Waals surface area contributed by atoms with Gasteiger partial charge in [-0.15, -0.1) is 0 Å². The van der Waals surface area contributed by atoms with Crippen molar-refractivity contribution in [1.82, 2.24) is 15.1 Å². The number of likely N-dealkylation sites (N-methyl/N-ethyl adjacent to an activating group) is 1. The first kappa shape index (κ1) is 14.5. The summed E-state index contributed by atoms with van der Waals surface area (Å²) < 4.78 is 0. The molecule has 7 nitrogen and oxygen atoms in total. The molecule has 20 heavy (non-hydrogen) atoms. The van der Waals surface area contributed by atoms with Gasteiger partial charge in [-0.1, -0.05) is 13.8 Å². The number of carbonyl (C=O) groups excluding carboxylic acids is 4. The Morgan fingerprint density at radius 3 is 2.40 bits per heavy atom. The molecule has 2 unspecified atom stereocenters. The van der Waals surface area contributed by atoms with Crippen LogP contribution in [0, 0.1) is 11.8 Å². The predicted octanol–water partition coefficient (Wildman–Crippen LogP) is -0.0422. The lowest BCUT2D eigenvalue weighted by atomic mass is 9.90. The molecule has 0 radical (unpaired) electrons. The van der Waals surface area contributed by atoms with Gasteiger partial charge in [0.2, 0.25) is 17.7 Å². The van der Waals surface area contributed by atoms with E-state index in [1.54, 1.807) is 20.9 Å². The first-order valence-electron chi connectivity index (χ1n) is 6.74. The van der Waals surface area contributed by atoms with Crippen LogP contribution in [0.25, 0.3) is 0 Å². The van der Waals surface area contributed by atoms with E-state index in [2.05, 4.69) is 5.32 Å². The van der Waals surface area contributed by atoms with Crippen molar-refractivity contribution < 1.29 is 19.2 Å². The zero-order chi connectivity index (χ0) is 15.0. The summed E-state index contributed by atoms with van der Waals surface area (Å²) in [5.74, 6) is -2.01. The molecule has 0 saturated carbocycles. The van der Waals surface area contributed by atoms with Gasteiger partial charge in [0, 0.05) is 20.0 Å². The molecular formula is C13H19N3O4. The highest BCUT2D eigenvalue weighted by Gasteiger charge is 2.45. The fraction of sp³-hybridized carbons (Fsp3) is 0.692. The van der Waals surface area contributed by atoms with Crippen molar-refractivity contribution in [3.63, 3.8) is 0 Å². The zero-order valence-corrected chi connectivity index (χ0v) is 11.9. The SMILES string of the molecule is CC(C)C1C(=O)NC(=O)N(C2CCC(=O)N(C)C2)C1=O. The van der Waals surface area contributed by atoms with E-state index in [1.165, 1.54) is 4.90 Å². The zero-order valence-electron chi connectivity index (χ0n) is 11.9. The van der Waals surface area contributed by atoms with E-state index < -0.39 is 23.8 Å². The molecule has 0 aromatic heterocycles. The maximum Gasteiger partial charge on any atom is 0.331 e. The number of likely N-dealkylation sites (tertiary alicyclic amines) is 1. The molecule has 2 atom stereocenters. The largest absolute Gasteiger partial charge is 0.344 e. The van der Waals surface area contributed by atoms with Crippen LogP contribution in [-0.2, 0) is 14.4 Å². The molecule has 2 saturated heterocycles. The average Bonchev–Trinajstić information content (AvgIpc) is 2.32. The molecular weight excluding hydrogens is 262 g/mol. The van der Waals surface area contributed by atoms with Crippen LogP contribution in [0.4, 0.5) is 4.79 Å². The van der Waals surface area contributed by atoms with Crippen LogP contribution in [0.2, 0.25) is 0 Å². The van der Waals surface area contributed by atoms with E-state index in [1.807, 2.05) is 0 Å². The van der Waals surface area contributed by atoms with Crippen LogP contribution in [0.1, 0.15) is 26.7 Å². The minimum Gasteiger partial charge on any atom is -0.344 e. The lowest BCUT2D eigenvalue weighted by Crippen LogP contribution is -2.64. The topological polar surface area (TPSA) is 86.8 Å². The number of nitrogens with one attached hydrogen (secondary N) is 1. The second kappa shape index (κ2) is 5.22. The Hall–Kier alpha value is -1.92. The summed E-state index contributed by atoms with van der Waals surface area (Å²) in [4.78, 5) is 50.2. The summed E-state index contributed by atoms with van der Waals surface area (Å²) in [6.07, 6.45) is 0.750. The minimum atomic E-state index is -0.837. The van der Waals surface area contributed by atoms with Crippen molar-refractivity contribution in [2.24, 2.45) is 11.8 Å². The predicted molar refractivity (Wildman–Crippen MR) is 69.4 cm³/mol. The van der Waals surface area contributed by atoms with Crippen LogP contribution >= 0.6 is 0 Å². The van der Waals surface area contributed by atoms with E-state index in [-0.39, 0.29) is 17.9 Å². The van der Waals surface area contributed by atoms with Crippen LogP contribution < -0.4 is 5.32 Å². The number of hydrogen-bond acceptors (Lipinski definition) is 4. The molecule has 2 fully saturated rings. The number of imide groups is 2. The van der Waals surface area contributed by atoms with Gasteiger partial charge in [0.1, 0.15) is 5.92 Å². The molecule has 1 N–H and O–H groups in total. The Morgan fingerprint density at radius 2 is 1.85 bits per heavy atom. The molecule has 2 aliphatic rings. The highest BCUT2D eigenvalue weighted by molar-refractivity contribution is 6.16. The van der Waals surface area contributed by atoms with Gasteiger partial charge in [-0.2, -0.15) is 0 Å². The fourth-order valence-corrected chi connectivity index (χ4v) is 2.74. The number of hydrogen-bond donors (Lipinski definition) is 1. The molecule has 110 valence electrons. The Labute approximate surface area is 117 Å². The maximum atomic E-state index is 12.4. The molecule has 0 aromatic rings. The number of nitrogens with zero attached hydrogens (tertiary/aromatic N) is 2. The van der Waals surface area contributed by atoms with Crippen molar-refractivity contribution >= 4 is 23.8 Å². The number of carbonyl (C=O) groups is 4. The number of rotatable bonds is 2. The molecule has 2 rings (SSSR count). The normalized spacial score (nSPS) is 28.2. The molecule has 2 heterocycles. The smallest absolute Gasteiger partial charge is 0.331 e. The molecule has 5 amide bonds. The Bertz CT molecular complexity index is 474. The Morgan fingerprint density at radius 1 is 1.20 bits per heavy atom. The quantitative estimate of drug-likeness (QED) is 0.719. The van der Waals surface area contributed by atoms with Gasteiger partial charge in [0.15, 0.2) is 0 Å². The molecule has 7 heteroatoms. The Balaban J connectivity index is 2.21. The van der Waals surface area contributed by atoms with E-state index >= 15 is 0 Å². The molecule has 0 spiro atoms. The second-order valence-corrected chi connectivity index (χ2v) is 5.69. The van der Waals surface area contributed by atoms with Gasteiger partial charge < -0.3 is 4.90 Å². The van der Waals surface area contributed by atoms with E-state index in [4.69, 9.17) is 0 Å². The Kier molecular flexibility index (Phi) is 3.78. The van der Waals surface area contributed by atoms with Crippen molar-refractivity contribution in [1.29, 1.82) is 0 Å². The lowest BCUT2D eigenvalue weighted by molar-refractivity contribution is -0.148. The molecule has 2 aliphatic heterocycles. The summed E-state index contributed by atoms with van der Waals surface area (Å²) in [7, 11) is 1.64. The van der Waals surface area contributed by atoms with Gasteiger partial charge >= 0.3 is 6.03 Å². The summed E-state index contributed by atoms with van der Waals surface area (Å²) in [5, 5.41) is 2.24. The summed E-state index contributed by atoms with van der Waals surface area (Å²) in [6, 6.07) is -1.04. The summed E-state index contributed by atoms with van der Waals surface area (Å²) in [5.41, 5.74) is 0. The lowest BCUT2D eigenvalue weighted by Gasteiger charge is -2.40. The van der Waals surface area contributed by atoms with Crippen molar-refractivity contribution in [2.45, 2.75) is 32.7 Å². The van der Waals surface area contributed by atoms with E-state index in [0.29, 0.717) is 19.4 Å². The first-order valence-corrected chi connectivity index (χ1v) is 6.74. The third-order valence-corrected chi connectivity index (χ3v) is 3.87.